The van der Waals surface area contributed by atoms with Crippen LogP contribution in [0.4, 0.5) is 0 Å². The third kappa shape index (κ3) is 3.38. The molecule has 1 aromatic heterocycles. The van der Waals surface area contributed by atoms with Gasteiger partial charge in [0.25, 0.3) is 11.8 Å². The van der Waals surface area contributed by atoms with Crippen molar-refractivity contribution in [2.24, 2.45) is 4.99 Å². The van der Waals surface area contributed by atoms with Crippen molar-refractivity contribution < 1.29 is 14.3 Å². The Labute approximate surface area is 161 Å². The number of carbonyl (C=O) groups is 2. The fraction of sp³-hybridized carbons (Fsp3) is 0.471. The molecule has 2 amide bonds. The first-order chi connectivity index (χ1) is 12.4. The van der Waals surface area contributed by atoms with E-state index < -0.39 is 5.54 Å². The number of rotatable bonds is 5. The molecule has 0 radical (unpaired) electrons. The topological polar surface area (TPSA) is 74.2 Å². The highest BCUT2D eigenvalue weighted by atomic mass is 32.2. The molecule has 1 atom stereocenters. The van der Waals surface area contributed by atoms with Gasteiger partial charge in [0.15, 0.2) is 6.73 Å². The van der Waals surface area contributed by atoms with Crippen molar-refractivity contribution >= 4 is 46.2 Å². The maximum absolute atomic E-state index is 13.1. The Morgan fingerprint density at radius 2 is 2.27 bits per heavy atom. The predicted octanol–water partition coefficient (Wildman–Crippen LogP) is 2.83. The minimum absolute atomic E-state index is 0.0412. The Kier molecular flexibility index (Phi) is 5.40. The third-order valence-electron chi connectivity index (χ3n) is 4.50. The highest BCUT2D eigenvalue weighted by Gasteiger charge is 2.43. The van der Waals surface area contributed by atoms with E-state index in [1.165, 1.54) is 28.2 Å². The SMILES string of the molecule is CCC1N=CSN1NC(=O)C(C)(C)N1COC(C)=C(c2ccsc2)C1=O. The van der Waals surface area contributed by atoms with Crippen LogP contribution in [0.1, 0.15) is 39.7 Å². The normalized spacial score (nSPS) is 21.3. The van der Waals surface area contributed by atoms with Crippen molar-refractivity contribution in [3.05, 3.63) is 28.1 Å². The van der Waals surface area contributed by atoms with Crippen molar-refractivity contribution in [2.75, 3.05) is 6.73 Å². The number of hydrazine groups is 1. The summed E-state index contributed by atoms with van der Waals surface area (Å²) in [5.41, 5.74) is 4.81. The zero-order chi connectivity index (χ0) is 18.9. The van der Waals surface area contributed by atoms with Gasteiger partial charge in [0.1, 0.15) is 17.5 Å². The fourth-order valence-electron chi connectivity index (χ4n) is 2.74. The molecule has 1 unspecified atom stereocenters. The lowest BCUT2D eigenvalue weighted by Crippen LogP contribution is -2.61. The molecule has 7 nitrogen and oxygen atoms in total. The van der Waals surface area contributed by atoms with Gasteiger partial charge in [0.2, 0.25) is 0 Å². The number of amides is 2. The largest absolute Gasteiger partial charge is 0.477 e. The second-order valence-corrected chi connectivity index (χ2v) is 8.12. The second-order valence-electron chi connectivity index (χ2n) is 6.52. The van der Waals surface area contributed by atoms with E-state index in [-0.39, 0.29) is 24.7 Å². The molecule has 26 heavy (non-hydrogen) atoms. The predicted molar refractivity (Wildman–Crippen MR) is 104 cm³/mol. The van der Waals surface area contributed by atoms with Crippen LogP contribution in [0.5, 0.6) is 0 Å². The van der Waals surface area contributed by atoms with E-state index in [4.69, 9.17) is 4.74 Å². The summed E-state index contributed by atoms with van der Waals surface area (Å²) >= 11 is 2.85. The van der Waals surface area contributed by atoms with Crippen LogP contribution in [0.25, 0.3) is 5.57 Å². The third-order valence-corrected chi connectivity index (χ3v) is 5.96. The first-order valence-electron chi connectivity index (χ1n) is 8.33. The monoisotopic (exact) mass is 394 g/mol. The zero-order valence-corrected chi connectivity index (χ0v) is 16.8. The van der Waals surface area contributed by atoms with Crippen molar-refractivity contribution in [2.45, 2.75) is 45.8 Å². The Balaban J connectivity index is 1.79. The number of hydrogen-bond donors (Lipinski definition) is 1. The van der Waals surface area contributed by atoms with Gasteiger partial charge in [0, 0.05) is 5.56 Å². The molecule has 0 aromatic carbocycles. The summed E-state index contributed by atoms with van der Waals surface area (Å²) in [7, 11) is 0. The molecule has 0 fully saturated rings. The van der Waals surface area contributed by atoms with Gasteiger partial charge >= 0.3 is 0 Å². The maximum atomic E-state index is 13.1. The maximum Gasteiger partial charge on any atom is 0.261 e. The Hall–Kier alpha value is -1.84. The summed E-state index contributed by atoms with van der Waals surface area (Å²) < 4.78 is 7.42. The van der Waals surface area contributed by atoms with E-state index in [0.717, 1.165) is 12.0 Å². The minimum atomic E-state index is -1.08. The smallest absolute Gasteiger partial charge is 0.261 e. The lowest BCUT2D eigenvalue weighted by molar-refractivity contribution is -0.151. The van der Waals surface area contributed by atoms with Crippen molar-refractivity contribution in [1.29, 1.82) is 0 Å². The molecule has 3 rings (SSSR count). The second kappa shape index (κ2) is 7.42. The lowest BCUT2D eigenvalue weighted by atomic mass is 9.98. The number of carbonyl (C=O) groups excluding carboxylic acids is 2. The van der Waals surface area contributed by atoms with Crippen LogP contribution >= 0.6 is 23.3 Å². The standard InChI is InChI=1S/C17H22N4O3S2/c1-5-13-18-9-26-21(13)19-16(23)17(3,4)20-10-24-11(2)14(15(20)22)12-6-7-25-8-12/h6-9,13H,5,10H2,1-4H3,(H,19,23). The average Bonchev–Trinajstić information content (AvgIpc) is 3.26. The summed E-state index contributed by atoms with van der Waals surface area (Å²) in [4.78, 5) is 31.8. The summed E-state index contributed by atoms with van der Waals surface area (Å²) in [6, 6.07) is 1.88. The molecule has 0 bridgehead atoms. The molecule has 2 aliphatic rings. The van der Waals surface area contributed by atoms with Crippen molar-refractivity contribution in [1.82, 2.24) is 14.7 Å². The summed E-state index contributed by atoms with van der Waals surface area (Å²) in [6.07, 6.45) is 0.678. The molecular weight excluding hydrogens is 372 g/mol. The van der Waals surface area contributed by atoms with Gasteiger partial charge in [-0.15, -0.1) is 4.41 Å². The highest BCUT2D eigenvalue weighted by molar-refractivity contribution is 8.10. The van der Waals surface area contributed by atoms with Gasteiger partial charge in [-0.2, -0.15) is 11.3 Å². The molecule has 1 N–H and O–H groups in total. The Bertz CT molecular complexity index is 758. The number of ether oxygens (including phenoxy) is 1. The van der Waals surface area contributed by atoms with Crippen LogP contribution in [-0.4, -0.2) is 45.1 Å². The number of thiophene rings is 1. The number of hydrogen-bond acceptors (Lipinski definition) is 7. The first kappa shape index (κ1) is 18.9. The van der Waals surface area contributed by atoms with Gasteiger partial charge < -0.3 is 4.74 Å². The van der Waals surface area contributed by atoms with Gasteiger partial charge in [-0.05, 0) is 56.0 Å². The van der Waals surface area contributed by atoms with Crippen LogP contribution < -0.4 is 5.43 Å². The van der Waals surface area contributed by atoms with Gasteiger partial charge in [-0.1, -0.05) is 6.92 Å². The zero-order valence-electron chi connectivity index (χ0n) is 15.2. The lowest BCUT2D eigenvalue weighted by Gasteiger charge is -2.40. The van der Waals surface area contributed by atoms with E-state index in [2.05, 4.69) is 10.4 Å². The molecule has 140 valence electrons. The molecule has 0 spiro atoms. The summed E-state index contributed by atoms with van der Waals surface area (Å²) in [6.45, 7) is 7.26. The minimum Gasteiger partial charge on any atom is -0.477 e. The van der Waals surface area contributed by atoms with Gasteiger partial charge in [-0.3, -0.25) is 24.9 Å². The van der Waals surface area contributed by atoms with Crippen LogP contribution in [0.2, 0.25) is 0 Å². The first-order valence-corrected chi connectivity index (χ1v) is 10.1. The average molecular weight is 395 g/mol. The van der Waals surface area contributed by atoms with Crippen LogP contribution in [0.15, 0.2) is 27.6 Å². The highest BCUT2D eigenvalue weighted by Crippen LogP contribution is 2.32. The molecular formula is C17H22N4O3S2. The van der Waals surface area contributed by atoms with Crippen molar-refractivity contribution in [3.8, 4) is 0 Å². The van der Waals surface area contributed by atoms with E-state index in [1.54, 1.807) is 30.7 Å². The fourth-order valence-corrected chi connectivity index (χ4v) is 4.16. The molecule has 0 saturated carbocycles. The van der Waals surface area contributed by atoms with E-state index >= 15 is 0 Å². The van der Waals surface area contributed by atoms with Gasteiger partial charge in [0.05, 0.1) is 11.1 Å². The summed E-state index contributed by atoms with van der Waals surface area (Å²) in [5.74, 6) is 0.0928. The number of aliphatic imine (C=N–C) groups is 1. The van der Waals surface area contributed by atoms with Crippen LogP contribution in [0.3, 0.4) is 0 Å². The number of nitrogens with one attached hydrogen (secondary N) is 1. The van der Waals surface area contributed by atoms with Crippen LogP contribution in [0, 0.1) is 0 Å². The molecule has 2 aliphatic heterocycles. The quantitative estimate of drug-likeness (QED) is 0.778. The number of nitrogens with zero attached hydrogens (tertiary/aromatic N) is 3. The molecule has 9 heteroatoms. The molecule has 0 aliphatic carbocycles. The molecule has 1 aromatic rings. The van der Waals surface area contributed by atoms with Gasteiger partial charge in [-0.25, -0.2) is 0 Å². The Morgan fingerprint density at radius 3 is 2.92 bits per heavy atom. The van der Waals surface area contributed by atoms with E-state index in [1.807, 2.05) is 23.8 Å². The Morgan fingerprint density at radius 1 is 1.50 bits per heavy atom. The summed E-state index contributed by atoms with van der Waals surface area (Å²) in [5, 5.41) is 3.82. The molecule has 3 heterocycles. The van der Waals surface area contributed by atoms with E-state index in [0.29, 0.717) is 11.3 Å². The van der Waals surface area contributed by atoms with Crippen LogP contribution in [-0.2, 0) is 14.3 Å². The van der Waals surface area contributed by atoms with E-state index in [9.17, 15) is 9.59 Å². The molecule has 0 saturated heterocycles. The number of allylic oxidation sites excluding steroid dienone is 1. The van der Waals surface area contributed by atoms with Crippen molar-refractivity contribution in [3.63, 3.8) is 0 Å².